The molecule has 1 aliphatic heterocycles. The van der Waals surface area contributed by atoms with Crippen molar-refractivity contribution in [2.45, 2.75) is 19.8 Å². The van der Waals surface area contributed by atoms with Gasteiger partial charge in [-0.2, -0.15) is 0 Å². The van der Waals surface area contributed by atoms with Crippen LogP contribution >= 0.6 is 0 Å². The summed E-state index contributed by atoms with van der Waals surface area (Å²) in [5, 5.41) is 2.76. The lowest BCUT2D eigenvalue weighted by molar-refractivity contribution is -0.117. The van der Waals surface area contributed by atoms with Gasteiger partial charge in [-0.05, 0) is 37.6 Å². The highest BCUT2D eigenvalue weighted by atomic mass is 16.2. The lowest BCUT2D eigenvalue weighted by Crippen LogP contribution is -2.23. The molecule has 2 amide bonds. The first-order chi connectivity index (χ1) is 10.6. The number of hydrogen-bond donors (Lipinski definition) is 1. The third kappa shape index (κ3) is 2.95. The number of aryl methyl sites for hydroxylation is 1. The number of aromatic nitrogens is 2. The highest BCUT2D eigenvalue weighted by molar-refractivity contribution is 6.03. The molecule has 0 aliphatic carbocycles. The zero-order valence-corrected chi connectivity index (χ0v) is 12.2. The Morgan fingerprint density at radius 3 is 2.55 bits per heavy atom. The monoisotopic (exact) mass is 296 g/mol. The van der Waals surface area contributed by atoms with Crippen LogP contribution in [0.2, 0.25) is 0 Å². The summed E-state index contributed by atoms with van der Waals surface area (Å²) in [5.74, 6) is -0.163. The molecule has 3 rings (SSSR count). The van der Waals surface area contributed by atoms with Crippen LogP contribution in [0.1, 0.15) is 29.0 Å². The van der Waals surface area contributed by atoms with Gasteiger partial charge in [0, 0.05) is 30.5 Å². The molecular formula is C16H16N4O2. The molecule has 112 valence electrons. The summed E-state index contributed by atoms with van der Waals surface area (Å²) in [4.78, 5) is 33.6. The fourth-order valence-electron chi connectivity index (χ4n) is 2.35. The Morgan fingerprint density at radius 2 is 1.95 bits per heavy atom. The minimum Gasteiger partial charge on any atom is -0.321 e. The number of benzene rings is 1. The Hall–Kier alpha value is -2.76. The van der Waals surface area contributed by atoms with Crippen molar-refractivity contribution in [1.29, 1.82) is 0 Å². The lowest BCUT2D eigenvalue weighted by Gasteiger charge is -2.16. The van der Waals surface area contributed by atoms with Gasteiger partial charge in [0.25, 0.3) is 5.91 Å². The van der Waals surface area contributed by atoms with Gasteiger partial charge in [-0.1, -0.05) is 0 Å². The van der Waals surface area contributed by atoms with E-state index in [-0.39, 0.29) is 17.5 Å². The summed E-state index contributed by atoms with van der Waals surface area (Å²) in [6.07, 6.45) is 4.49. The van der Waals surface area contributed by atoms with Gasteiger partial charge in [0.1, 0.15) is 5.69 Å². The maximum Gasteiger partial charge on any atom is 0.275 e. The number of nitrogens with zero attached hydrogens (tertiary/aromatic N) is 3. The Kier molecular flexibility index (Phi) is 3.82. The van der Waals surface area contributed by atoms with Gasteiger partial charge in [0.05, 0.1) is 11.9 Å². The predicted octanol–water partition coefficient (Wildman–Crippen LogP) is 2.16. The maximum absolute atomic E-state index is 12.0. The van der Waals surface area contributed by atoms with E-state index in [0.29, 0.717) is 12.1 Å². The highest BCUT2D eigenvalue weighted by Crippen LogP contribution is 2.23. The largest absolute Gasteiger partial charge is 0.321 e. The van der Waals surface area contributed by atoms with E-state index in [4.69, 9.17) is 0 Å². The molecule has 1 saturated heterocycles. The van der Waals surface area contributed by atoms with E-state index in [1.54, 1.807) is 23.2 Å². The fraction of sp³-hybridized carbons (Fsp3) is 0.250. The molecule has 2 heterocycles. The molecular weight excluding hydrogens is 280 g/mol. The smallest absolute Gasteiger partial charge is 0.275 e. The second kappa shape index (κ2) is 5.93. The van der Waals surface area contributed by atoms with Gasteiger partial charge in [-0.15, -0.1) is 0 Å². The summed E-state index contributed by atoms with van der Waals surface area (Å²) in [6.45, 7) is 2.57. The van der Waals surface area contributed by atoms with Crippen LogP contribution in [0.4, 0.5) is 11.4 Å². The van der Waals surface area contributed by atoms with Crippen molar-refractivity contribution in [3.8, 4) is 0 Å². The number of carbonyl (C=O) groups is 2. The second-order valence-corrected chi connectivity index (χ2v) is 5.19. The van der Waals surface area contributed by atoms with E-state index in [2.05, 4.69) is 15.3 Å². The van der Waals surface area contributed by atoms with Crippen LogP contribution in [0.25, 0.3) is 0 Å². The molecule has 0 radical (unpaired) electrons. The second-order valence-electron chi connectivity index (χ2n) is 5.19. The van der Waals surface area contributed by atoms with Crippen LogP contribution in [0.5, 0.6) is 0 Å². The maximum atomic E-state index is 12.0. The quantitative estimate of drug-likeness (QED) is 0.941. The third-order valence-corrected chi connectivity index (χ3v) is 3.52. The molecule has 1 N–H and O–H groups in total. The van der Waals surface area contributed by atoms with Gasteiger partial charge < -0.3 is 10.2 Å². The number of amides is 2. The zero-order valence-electron chi connectivity index (χ0n) is 12.2. The summed E-state index contributed by atoms with van der Waals surface area (Å²) in [7, 11) is 0. The van der Waals surface area contributed by atoms with Crippen LogP contribution in [0.15, 0.2) is 36.7 Å². The van der Waals surface area contributed by atoms with Crippen molar-refractivity contribution in [3.05, 3.63) is 48.0 Å². The molecule has 1 aliphatic rings. The minimum atomic E-state index is -0.308. The van der Waals surface area contributed by atoms with E-state index in [0.717, 1.165) is 24.3 Å². The standard InChI is InChI=1S/C16H16N4O2/c1-11-9-18-14(10-17-11)16(22)19-12-4-6-13(7-5-12)20-8-2-3-15(20)21/h4-7,9-10H,2-3,8H2,1H3,(H,19,22). The first-order valence-corrected chi connectivity index (χ1v) is 7.14. The molecule has 2 aromatic rings. The van der Waals surface area contributed by atoms with Crippen molar-refractivity contribution in [3.63, 3.8) is 0 Å². The molecule has 6 heteroatoms. The molecule has 0 atom stereocenters. The van der Waals surface area contributed by atoms with Crippen LogP contribution in [0, 0.1) is 6.92 Å². The van der Waals surface area contributed by atoms with Crippen molar-refractivity contribution in [2.24, 2.45) is 0 Å². The van der Waals surface area contributed by atoms with Crippen LogP contribution in [-0.4, -0.2) is 28.3 Å². The lowest BCUT2D eigenvalue weighted by atomic mass is 10.2. The van der Waals surface area contributed by atoms with Crippen LogP contribution < -0.4 is 10.2 Å². The molecule has 22 heavy (non-hydrogen) atoms. The number of nitrogens with one attached hydrogen (secondary N) is 1. The Balaban J connectivity index is 1.69. The van der Waals surface area contributed by atoms with Crippen molar-refractivity contribution >= 4 is 23.2 Å². The van der Waals surface area contributed by atoms with Gasteiger partial charge in [0.15, 0.2) is 0 Å². The van der Waals surface area contributed by atoms with Gasteiger partial charge in [-0.3, -0.25) is 14.6 Å². The SMILES string of the molecule is Cc1cnc(C(=O)Nc2ccc(N3CCCC3=O)cc2)cn1. The van der Waals surface area contributed by atoms with Gasteiger partial charge >= 0.3 is 0 Å². The van der Waals surface area contributed by atoms with E-state index in [9.17, 15) is 9.59 Å². The number of carbonyl (C=O) groups excluding carboxylic acids is 2. The van der Waals surface area contributed by atoms with Crippen LogP contribution in [0.3, 0.4) is 0 Å². The molecule has 1 aromatic heterocycles. The Morgan fingerprint density at radius 1 is 1.18 bits per heavy atom. The van der Waals surface area contributed by atoms with Gasteiger partial charge in [0.2, 0.25) is 5.91 Å². The van der Waals surface area contributed by atoms with E-state index < -0.39 is 0 Å². The molecule has 1 aromatic carbocycles. The molecule has 0 spiro atoms. The van der Waals surface area contributed by atoms with Crippen molar-refractivity contribution in [2.75, 3.05) is 16.8 Å². The van der Waals surface area contributed by atoms with Crippen LogP contribution in [-0.2, 0) is 4.79 Å². The molecule has 0 saturated carbocycles. The molecule has 0 unspecified atom stereocenters. The fourth-order valence-corrected chi connectivity index (χ4v) is 2.35. The summed E-state index contributed by atoms with van der Waals surface area (Å²) >= 11 is 0. The summed E-state index contributed by atoms with van der Waals surface area (Å²) in [6, 6.07) is 7.22. The molecule has 0 bridgehead atoms. The van der Waals surface area contributed by atoms with Crippen molar-refractivity contribution < 1.29 is 9.59 Å². The normalized spacial score (nSPS) is 14.2. The highest BCUT2D eigenvalue weighted by Gasteiger charge is 2.21. The first kappa shape index (κ1) is 14.2. The molecule has 6 nitrogen and oxygen atoms in total. The summed E-state index contributed by atoms with van der Waals surface area (Å²) < 4.78 is 0. The average molecular weight is 296 g/mol. The Labute approximate surface area is 128 Å². The predicted molar refractivity (Wildman–Crippen MR) is 82.8 cm³/mol. The van der Waals surface area contributed by atoms with E-state index >= 15 is 0 Å². The van der Waals surface area contributed by atoms with Gasteiger partial charge in [-0.25, -0.2) is 4.98 Å². The average Bonchev–Trinajstić information content (AvgIpc) is 2.95. The topological polar surface area (TPSA) is 75.2 Å². The van der Waals surface area contributed by atoms with Crippen molar-refractivity contribution in [1.82, 2.24) is 9.97 Å². The van der Waals surface area contributed by atoms with E-state index in [1.165, 1.54) is 6.20 Å². The number of anilines is 2. The third-order valence-electron chi connectivity index (χ3n) is 3.52. The van der Waals surface area contributed by atoms with E-state index in [1.807, 2.05) is 19.1 Å². The first-order valence-electron chi connectivity index (χ1n) is 7.14. The Bertz CT molecular complexity index is 695. The number of hydrogen-bond acceptors (Lipinski definition) is 4. The zero-order chi connectivity index (χ0) is 15.5. The molecule has 1 fully saturated rings. The summed E-state index contributed by atoms with van der Waals surface area (Å²) in [5.41, 5.74) is 2.54. The minimum absolute atomic E-state index is 0.145. The number of rotatable bonds is 3.